The maximum atomic E-state index is 12.0. The molecule has 0 aromatic heterocycles. The summed E-state index contributed by atoms with van der Waals surface area (Å²) in [6.45, 7) is 10.7. The van der Waals surface area contributed by atoms with E-state index in [1.807, 2.05) is 24.3 Å². The third kappa shape index (κ3) is 5.91. The van der Waals surface area contributed by atoms with E-state index in [1.54, 1.807) is 4.90 Å². The molecule has 0 atom stereocenters. The minimum Gasteiger partial charge on any atom is -0.453 e. The normalized spacial score (nSPS) is 15.5. The second-order valence-electron chi connectivity index (χ2n) is 7.51. The summed E-state index contributed by atoms with van der Waals surface area (Å²) < 4.78 is 4.72. The highest BCUT2D eigenvalue weighted by Gasteiger charge is 2.21. The van der Waals surface area contributed by atoms with Crippen LogP contribution in [0.2, 0.25) is 0 Å². The van der Waals surface area contributed by atoms with Gasteiger partial charge in [-0.1, -0.05) is 32.9 Å². The summed E-state index contributed by atoms with van der Waals surface area (Å²) in [5.41, 5.74) is 2.11. The van der Waals surface area contributed by atoms with Gasteiger partial charge >= 0.3 is 12.1 Å². The zero-order valence-corrected chi connectivity index (χ0v) is 16.2. The maximum absolute atomic E-state index is 12.0. The van der Waals surface area contributed by atoms with Crippen molar-refractivity contribution in [3.8, 4) is 0 Å². The Morgan fingerprint density at radius 1 is 1.08 bits per heavy atom. The molecule has 1 aromatic rings. The molecule has 144 valence electrons. The quantitative estimate of drug-likeness (QED) is 0.863. The molecule has 0 radical (unpaired) electrons. The molecule has 3 amide bonds. The molecule has 1 aromatic carbocycles. The lowest BCUT2D eigenvalue weighted by molar-refractivity contribution is 0.0916. The van der Waals surface area contributed by atoms with Crippen LogP contribution in [0.4, 0.5) is 15.3 Å². The van der Waals surface area contributed by atoms with Crippen molar-refractivity contribution in [2.75, 3.05) is 51.7 Å². The number of rotatable bonds is 4. The first-order valence-corrected chi connectivity index (χ1v) is 9.00. The smallest absolute Gasteiger partial charge is 0.409 e. The van der Waals surface area contributed by atoms with E-state index in [2.05, 4.69) is 36.3 Å². The molecule has 0 aliphatic carbocycles. The summed E-state index contributed by atoms with van der Waals surface area (Å²) >= 11 is 0. The van der Waals surface area contributed by atoms with Gasteiger partial charge < -0.3 is 20.3 Å². The zero-order chi connectivity index (χ0) is 19.2. The van der Waals surface area contributed by atoms with E-state index in [0.29, 0.717) is 19.6 Å². The zero-order valence-electron chi connectivity index (χ0n) is 16.2. The van der Waals surface area contributed by atoms with Gasteiger partial charge in [0.25, 0.3) is 0 Å². The first kappa shape index (κ1) is 20.0. The van der Waals surface area contributed by atoms with Gasteiger partial charge in [0.2, 0.25) is 0 Å². The highest BCUT2D eigenvalue weighted by Crippen LogP contribution is 2.23. The molecular weight excluding hydrogens is 332 g/mol. The topological polar surface area (TPSA) is 73.9 Å². The number of nitrogens with one attached hydrogen (secondary N) is 2. The molecular formula is C19H30N4O3. The number of carbonyl (C=O) groups is 2. The van der Waals surface area contributed by atoms with Gasteiger partial charge in [-0.05, 0) is 23.1 Å². The number of anilines is 1. The summed E-state index contributed by atoms with van der Waals surface area (Å²) in [6.07, 6.45) is -0.278. The Kier molecular flexibility index (Phi) is 6.85. The number of amides is 3. The number of methoxy groups -OCH3 is 1. The van der Waals surface area contributed by atoms with Gasteiger partial charge in [0.15, 0.2) is 0 Å². The van der Waals surface area contributed by atoms with Gasteiger partial charge in [-0.15, -0.1) is 0 Å². The molecule has 1 aliphatic rings. The lowest BCUT2D eigenvalue weighted by Gasteiger charge is -2.33. The highest BCUT2D eigenvalue weighted by molar-refractivity contribution is 5.89. The number of piperazine rings is 1. The number of hydrogen-bond acceptors (Lipinski definition) is 4. The van der Waals surface area contributed by atoms with E-state index >= 15 is 0 Å². The summed E-state index contributed by atoms with van der Waals surface area (Å²) in [7, 11) is 1.40. The van der Waals surface area contributed by atoms with Gasteiger partial charge in [0.1, 0.15) is 0 Å². The van der Waals surface area contributed by atoms with E-state index in [1.165, 1.54) is 12.7 Å². The Bertz CT molecular complexity index is 602. The molecule has 0 saturated carbocycles. The largest absolute Gasteiger partial charge is 0.453 e. The Labute approximate surface area is 155 Å². The second kappa shape index (κ2) is 8.89. The van der Waals surface area contributed by atoms with E-state index in [-0.39, 0.29) is 17.5 Å². The molecule has 7 nitrogen and oxygen atoms in total. The van der Waals surface area contributed by atoms with Crippen molar-refractivity contribution in [3.63, 3.8) is 0 Å². The summed E-state index contributed by atoms with van der Waals surface area (Å²) in [4.78, 5) is 27.4. The standard InChI is InChI=1S/C19H30N4O3/c1-19(2,3)15-5-7-16(8-6-15)21-17(24)20-9-10-22-11-13-23(14-12-22)18(25)26-4/h5-8H,9-14H2,1-4H3,(H2,20,21,24). The molecule has 2 rings (SSSR count). The molecule has 0 unspecified atom stereocenters. The lowest BCUT2D eigenvalue weighted by atomic mass is 9.87. The molecule has 0 bridgehead atoms. The first-order valence-electron chi connectivity index (χ1n) is 9.00. The maximum Gasteiger partial charge on any atom is 0.409 e. The molecule has 26 heavy (non-hydrogen) atoms. The van der Waals surface area contributed by atoms with Crippen molar-refractivity contribution in [3.05, 3.63) is 29.8 Å². The SMILES string of the molecule is COC(=O)N1CCN(CCNC(=O)Nc2ccc(C(C)(C)C)cc2)CC1. The van der Waals surface area contributed by atoms with Crippen LogP contribution in [0, 0.1) is 0 Å². The first-order chi connectivity index (χ1) is 12.3. The molecule has 1 saturated heterocycles. The molecule has 0 spiro atoms. The molecule has 1 heterocycles. The van der Waals surface area contributed by atoms with Gasteiger partial charge in [-0.2, -0.15) is 0 Å². The van der Waals surface area contributed by atoms with Crippen LogP contribution in [-0.4, -0.2) is 68.3 Å². The summed E-state index contributed by atoms with van der Waals surface area (Å²) in [6, 6.07) is 7.72. The number of nitrogens with zero attached hydrogens (tertiary/aromatic N) is 2. The fourth-order valence-corrected chi connectivity index (χ4v) is 2.84. The fourth-order valence-electron chi connectivity index (χ4n) is 2.84. The monoisotopic (exact) mass is 362 g/mol. The van der Waals surface area contributed by atoms with Gasteiger partial charge in [-0.25, -0.2) is 9.59 Å². The molecule has 1 aliphatic heterocycles. The van der Waals surface area contributed by atoms with E-state index in [4.69, 9.17) is 4.74 Å². The van der Waals surface area contributed by atoms with Crippen molar-refractivity contribution in [2.24, 2.45) is 0 Å². The molecule has 7 heteroatoms. The van der Waals surface area contributed by atoms with Crippen LogP contribution in [0.25, 0.3) is 0 Å². The van der Waals surface area contributed by atoms with Crippen molar-refractivity contribution in [1.82, 2.24) is 15.1 Å². The molecule has 1 fully saturated rings. The predicted octanol–water partition coefficient (Wildman–Crippen LogP) is 2.49. The minimum atomic E-state index is -0.278. The van der Waals surface area contributed by atoms with Crippen molar-refractivity contribution < 1.29 is 14.3 Å². The van der Waals surface area contributed by atoms with Crippen LogP contribution < -0.4 is 10.6 Å². The van der Waals surface area contributed by atoms with Gasteiger partial charge in [0.05, 0.1) is 7.11 Å². The van der Waals surface area contributed by atoms with Crippen LogP contribution in [-0.2, 0) is 10.2 Å². The Balaban J connectivity index is 1.67. The Hall–Kier alpha value is -2.28. The van der Waals surface area contributed by atoms with Crippen LogP contribution in [0.3, 0.4) is 0 Å². The van der Waals surface area contributed by atoms with Crippen LogP contribution in [0.5, 0.6) is 0 Å². The lowest BCUT2D eigenvalue weighted by Crippen LogP contribution is -2.50. The van der Waals surface area contributed by atoms with Gasteiger partial charge in [0, 0.05) is 45.0 Å². The van der Waals surface area contributed by atoms with Crippen LogP contribution >= 0.6 is 0 Å². The summed E-state index contributed by atoms with van der Waals surface area (Å²) in [5.74, 6) is 0. The number of carbonyl (C=O) groups excluding carboxylic acids is 2. The van der Waals surface area contributed by atoms with Crippen molar-refractivity contribution >= 4 is 17.8 Å². The average molecular weight is 362 g/mol. The third-order valence-electron chi connectivity index (χ3n) is 4.53. The third-order valence-corrected chi connectivity index (χ3v) is 4.53. The number of hydrogen-bond donors (Lipinski definition) is 2. The average Bonchev–Trinajstić information content (AvgIpc) is 2.61. The second-order valence-corrected chi connectivity index (χ2v) is 7.51. The van der Waals surface area contributed by atoms with Crippen LogP contribution in [0.15, 0.2) is 24.3 Å². The summed E-state index contributed by atoms with van der Waals surface area (Å²) in [5, 5.41) is 5.72. The van der Waals surface area contributed by atoms with E-state index in [0.717, 1.165) is 25.3 Å². The minimum absolute atomic E-state index is 0.0959. The van der Waals surface area contributed by atoms with E-state index < -0.39 is 0 Å². The Morgan fingerprint density at radius 3 is 2.23 bits per heavy atom. The fraction of sp³-hybridized carbons (Fsp3) is 0.579. The van der Waals surface area contributed by atoms with Crippen molar-refractivity contribution in [1.29, 1.82) is 0 Å². The van der Waals surface area contributed by atoms with Crippen molar-refractivity contribution in [2.45, 2.75) is 26.2 Å². The predicted molar refractivity (Wildman–Crippen MR) is 103 cm³/mol. The van der Waals surface area contributed by atoms with Crippen LogP contribution in [0.1, 0.15) is 26.3 Å². The number of urea groups is 1. The van der Waals surface area contributed by atoms with Gasteiger partial charge in [-0.3, -0.25) is 4.90 Å². The highest BCUT2D eigenvalue weighted by atomic mass is 16.5. The number of benzene rings is 1. The van der Waals surface area contributed by atoms with E-state index in [9.17, 15) is 9.59 Å². The number of ether oxygens (including phenoxy) is 1. The Morgan fingerprint density at radius 2 is 1.69 bits per heavy atom. The molecule has 2 N–H and O–H groups in total.